The van der Waals surface area contributed by atoms with Crippen LogP contribution in [0.15, 0.2) is 30.7 Å². The number of pyridine rings is 1. The van der Waals surface area contributed by atoms with Crippen LogP contribution in [-0.4, -0.2) is 20.5 Å². The van der Waals surface area contributed by atoms with E-state index in [1.807, 2.05) is 32.3 Å². The van der Waals surface area contributed by atoms with Crippen molar-refractivity contribution in [3.8, 4) is 0 Å². The van der Waals surface area contributed by atoms with Crippen LogP contribution in [-0.2, 0) is 13.5 Å². The first-order valence-electron chi connectivity index (χ1n) is 5.09. The van der Waals surface area contributed by atoms with Gasteiger partial charge in [0.25, 0.3) is 0 Å². The lowest BCUT2D eigenvalue weighted by Crippen LogP contribution is -2.07. The number of aryl methyl sites for hydroxylation is 2. The summed E-state index contributed by atoms with van der Waals surface area (Å²) in [5.74, 6) is 0.0334. The van der Waals surface area contributed by atoms with E-state index in [1.165, 1.54) is 0 Å². The minimum atomic E-state index is 0.0334. The molecule has 2 aromatic rings. The fourth-order valence-electron chi connectivity index (χ4n) is 1.61. The van der Waals surface area contributed by atoms with Gasteiger partial charge in [0.15, 0.2) is 5.78 Å². The van der Waals surface area contributed by atoms with E-state index in [2.05, 4.69) is 10.1 Å². The molecular weight excluding hydrogens is 202 g/mol. The van der Waals surface area contributed by atoms with Gasteiger partial charge in [-0.25, -0.2) is 0 Å². The van der Waals surface area contributed by atoms with Crippen molar-refractivity contribution in [1.29, 1.82) is 0 Å². The number of Topliss-reactive ketones (excluding diaryl/α,β-unsaturated/α-hetero) is 1. The first-order chi connectivity index (χ1) is 7.66. The Morgan fingerprint density at radius 3 is 2.94 bits per heavy atom. The van der Waals surface area contributed by atoms with Gasteiger partial charge in [-0.1, -0.05) is 6.07 Å². The molecule has 0 unspecified atom stereocenters. The van der Waals surface area contributed by atoms with Gasteiger partial charge >= 0.3 is 0 Å². The Morgan fingerprint density at radius 2 is 2.31 bits per heavy atom. The highest BCUT2D eigenvalue weighted by Crippen LogP contribution is 2.08. The Bertz CT molecular complexity index is 516. The Labute approximate surface area is 93.9 Å². The van der Waals surface area contributed by atoms with Crippen LogP contribution in [0.5, 0.6) is 0 Å². The molecule has 2 rings (SSSR count). The molecule has 0 aromatic carbocycles. The molecule has 4 heteroatoms. The Kier molecular flexibility index (Phi) is 2.81. The third kappa shape index (κ3) is 2.16. The highest BCUT2D eigenvalue weighted by atomic mass is 16.1. The molecule has 82 valence electrons. The summed E-state index contributed by atoms with van der Waals surface area (Å²) in [6.07, 6.45) is 5.54. The largest absolute Gasteiger partial charge is 0.292 e. The van der Waals surface area contributed by atoms with Crippen molar-refractivity contribution in [3.05, 3.63) is 47.5 Å². The average Bonchev–Trinajstić information content (AvgIpc) is 2.64. The highest BCUT2D eigenvalue weighted by Gasteiger charge is 2.11. The fourth-order valence-corrected chi connectivity index (χ4v) is 1.61. The number of nitrogens with zero attached hydrogens (tertiary/aromatic N) is 3. The lowest BCUT2D eigenvalue weighted by Gasteiger charge is -2.01. The first-order valence-corrected chi connectivity index (χ1v) is 5.09. The summed E-state index contributed by atoms with van der Waals surface area (Å²) < 4.78 is 1.69. The van der Waals surface area contributed by atoms with E-state index < -0.39 is 0 Å². The number of hydrogen-bond acceptors (Lipinski definition) is 3. The molecule has 0 amide bonds. The van der Waals surface area contributed by atoms with Crippen molar-refractivity contribution in [2.45, 2.75) is 13.3 Å². The van der Waals surface area contributed by atoms with E-state index in [1.54, 1.807) is 17.1 Å². The third-order valence-corrected chi connectivity index (χ3v) is 2.40. The van der Waals surface area contributed by atoms with E-state index in [0.29, 0.717) is 12.1 Å². The second-order valence-electron chi connectivity index (χ2n) is 3.79. The predicted molar refractivity (Wildman–Crippen MR) is 60.2 cm³/mol. The van der Waals surface area contributed by atoms with Crippen molar-refractivity contribution in [2.24, 2.45) is 7.05 Å². The van der Waals surface area contributed by atoms with Crippen LogP contribution in [0.1, 0.15) is 21.6 Å². The molecule has 0 spiro atoms. The second-order valence-corrected chi connectivity index (χ2v) is 3.79. The SMILES string of the molecule is Cc1cccnc1C(=O)Cc1cnn(C)c1. The summed E-state index contributed by atoms with van der Waals surface area (Å²) in [5, 5.41) is 4.03. The van der Waals surface area contributed by atoms with Crippen LogP contribution in [0.2, 0.25) is 0 Å². The monoisotopic (exact) mass is 215 g/mol. The molecule has 16 heavy (non-hydrogen) atoms. The molecule has 0 aliphatic carbocycles. The molecule has 0 fully saturated rings. The van der Waals surface area contributed by atoms with Gasteiger partial charge in [0.2, 0.25) is 0 Å². The van der Waals surface area contributed by atoms with E-state index in [9.17, 15) is 4.79 Å². The molecule has 0 atom stereocenters. The van der Waals surface area contributed by atoms with Crippen LogP contribution in [0.25, 0.3) is 0 Å². The summed E-state index contributed by atoms with van der Waals surface area (Å²) in [7, 11) is 1.83. The quantitative estimate of drug-likeness (QED) is 0.730. The number of hydrogen-bond donors (Lipinski definition) is 0. The molecular formula is C12H13N3O. The molecule has 0 bridgehead atoms. The van der Waals surface area contributed by atoms with Gasteiger partial charge in [0, 0.05) is 25.9 Å². The maximum atomic E-state index is 11.9. The zero-order valence-electron chi connectivity index (χ0n) is 9.34. The molecule has 4 nitrogen and oxygen atoms in total. The first kappa shape index (κ1) is 10.5. The molecule has 0 N–H and O–H groups in total. The summed E-state index contributed by atoms with van der Waals surface area (Å²) in [6, 6.07) is 3.72. The summed E-state index contributed by atoms with van der Waals surface area (Å²) in [4.78, 5) is 16.0. The minimum absolute atomic E-state index is 0.0334. The number of carbonyl (C=O) groups excluding carboxylic acids is 1. The van der Waals surface area contributed by atoms with Crippen LogP contribution in [0.3, 0.4) is 0 Å². The maximum Gasteiger partial charge on any atom is 0.185 e. The van der Waals surface area contributed by atoms with Crippen molar-refractivity contribution in [1.82, 2.24) is 14.8 Å². The molecule has 0 aliphatic rings. The van der Waals surface area contributed by atoms with Crippen molar-refractivity contribution >= 4 is 5.78 Å². The normalized spacial score (nSPS) is 10.4. The van der Waals surface area contributed by atoms with Gasteiger partial charge in [-0.05, 0) is 24.1 Å². The van der Waals surface area contributed by atoms with E-state index >= 15 is 0 Å². The molecule has 2 heterocycles. The van der Waals surface area contributed by atoms with Gasteiger partial charge in [0.05, 0.1) is 6.20 Å². The summed E-state index contributed by atoms with van der Waals surface area (Å²) >= 11 is 0. The molecule has 0 saturated carbocycles. The van der Waals surface area contributed by atoms with E-state index in [-0.39, 0.29) is 5.78 Å². The van der Waals surface area contributed by atoms with Crippen LogP contribution >= 0.6 is 0 Å². The van der Waals surface area contributed by atoms with Crippen LogP contribution in [0.4, 0.5) is 0 Å². The van der Waals surface area contributed by atoms with E-state index in [4.69, 9.17) is 0 Å². The van der Waals surface area contributed by atoms with E-state index in [0.717, 1.165) is 11.1 Å². The Morgan fingerprint density at radius 1 is 1.50 bits per heavy atom. The van der Waals surface area contributed by atoms with Gasteiger partial charge < -0.3 is 0 Å². The second kappa shape index (κ2) is 4.26. The highest BCUT2D eigenvalue weighted by molar-refractivity contribution is 5.96. The lowest BCUT2D eigenvalue weighted by atomic mass is 10.1. The number of carbonyl (C=O) groups is 1. The number of ketones is 1. The van der Waals surface area contributed by atoms with Gasteiger partial charge in [-0.3, -0.25) is 14.5 Å². The average molecular weight is 215 g/mol. The smallest absolute Gasteiger partial charge is 0.185 e. The van der Waals surface area contributed by atoms with Crippen LogP contribution in [0, 0.1) is 6.92 Å². The van der Waals surface area contributed by atoms with Gasteiger partial charge in [0.1, 0.15) is 5.69 Å². The lowest BCUT2D eigenvalue weighted by molar-refractivity contribution is 0.0987. The standard InChI is InChI=1S/C12H13N3O/c1-9-4-3-5-13-12(9)11(16)6-10-7-14-15(2)8-10/h3-5,7-8H,6H2,1-2H3. The third-order valence-electron chi connectivity index (χ3n) is 2.40. The molecule has 2 aromatic heterocycles. The maximum absolute atomic E-state index is 11.9. The topological polar surface area (TPSA) is 47.8 Å². The summed E-state index contributed by atoms with van der Waals surface area (Å²) in [5.41, 5.74) is 2.38. The van der Waals surface area contributed by atoms with Crippen molar-refractivity contribution in [2.75, 3.05) is 0 Å². The van der Waals surface area contributed by atoms with Crippen molar-refractivity contribution < 1.29 is 4.79 Å². The summed E-state index contributed by atoms with van der Waals surface area (Å²) in [6.45, 7) is 1.89. The Hall–Kier alpha value is -1.97. The minimum Gasteiger partial charge on any atom is -0.292 e. The predicted octanol–water partition coefficient (Wildman–Crippen LogP) is 1.55. The zero-order valence-corrected chi connectivity index (χ0v) is 9.34. The zero-order chi connectivity index (χ0) is 11.5. The van der Waals surface area contributed by atoms with Crippen molar-refractivity contribution in [3.63, 3.8) is 0 Å². The Balaban J connectivity index is 2.18. The number of rotatable bonds is 3. The molecule has 0 saturated heterocycles. The van der Waals surface area contributed by atoms with Crippen LogP contribution < -0.4 is 0 Å². The fraction of sp³-hybridized carbons (Fsp3) is 0.250. The van der Waals surface area contributed by atoms with Gasteiger partial charge in [-0.15, -0.1) is 0 Å². The number of aromatic nitrogens is 3. The molecule has 0 aliphatic heterocycles. The molecule has 0 radical (unpaired) electrons. The van der Waals surface area contributed by atoms with Gasteiger partial charge in [-0.2, -0.15) is 5.10 Å².